The number of rotatable bonds is 3. The zero-order chi connectivity index (χ0) is 24.0. The molecular weight excluding hydrogens is 447 g/mol. The fourth-order valence-corrected chi connectivity index (χ4v) is 6.18. The van der Waals surface area contributed by atoms with Gasteiger partial charge < -0.3 is 19.1 Å². The molecule has 4 heterocycles. The van der Waals surface area contributed by atoms with Crippen molar-refractivity contribution in [3.8, 4) is 16.9 Å². The fourth-order valence-electron chi connectivity index (χ4n) is 6.18. The number of nitrogens with zero attached hydrogens (tertiary/aromatic N) is 2. The average molecular weight is 477 g/mol. The number of hydrogen-bond acceptors (Lipinski definition) is 3. The standard InChI is InChI=1S/C25H28F3N3O3/c1-16(32)29-10-8-20(9-11-29)30-13-17-12-19(15-30)24-22(6-7-23(33)31(24)14-17)18-2-4-21(5-3-18)34-25(26,27)28/h2-7,17,19-20H,8-15H2,1H3/p+1/t17-,19+/m0/s1. The molecule has 3 aliphatic rings. The van der Waals surface area contributed by atoms with Crippen LogP contribution in [0.4, 0.5) is 13.2 Å². The van der Waals surface area contributed by atoms with E-state index >= 15 is 0 Å². The molecule has 2 aromatic rings. The van der Waals surface area contributed by atoms with E-state index in [2.05, 4.69) is 4.74 Å². The zero-order valence-corrected chi connectivity index (χ0v) is 19.1. The van der Waals surface area contributed by atoms with Gasteiger partial charge in [0.05, 0.1) is 19.1 Å². The molecule has 0 aliphatic carbocycles. The minimum Gasteiger partial charge on any atom is -0.406 e. The molecule has 34 heavy (non-hydrogen) atoms. The lowest BCUT2D eigenvalue weighted by Crippen LogP contribution is -3.18. The maximum absolute atomic E-state index is 12.7. The summed E-state index contributed by atoms with van der Waals surface area (Å²) in [5.41, 5.74) is 2.64. The molecule has 2 fully saturated rings. The van der Waals surface area contributed by atoms with Crippen molar-refractivity contribution in [2.24, 2.45) is 5.92 Å². The van der Waals surface area contributed by atoms with Gasteiger partial charge in [-0.05, 0) is 30.2 Å². The molecule has 6 nitrogen and oxygen atoms in total. The summed E-state index contributed by atoms with van der Waals surface area (Å²) >= 11 is 0. The quantitative estimate of drug-likeness (QED) is 0.741. The SMILES string of the molecule is CC(=O)N1CCC([NH+]2C[C@@H]3C[C@H](C2)c2c(-c4ccc(OC(F)(F)F)cc4)ccc(=O)n2C3)CC1. The molecule has 1 unspecified atom stereocenters. The smallest absolute Gasteiger partial charge is 0.406 e. The average Bonchev–Trinajstić information content (AvgIpc) is 2.79. The number of carbonyl (C=O) groups excluding carboxylic acids is 1. The van der Waals surface area contributed by atoms with Crippen molar-refractivity contribution in [2.75, 3.05) is 26.2 Å². The molecule has 9 heteroatoms. The fraction of sp³-hybridized carbons (Fsp3) is 0.520. The molecule has 1 aromatic carbocycles. The van der Waals surface area contributed by atoms with Gasteiger partial charge in [-0.3, -0.25) is 9.59 Å². The van der Waals surface area contributed by atoms with Gasteiger partial charge in [0.15, 0.2) is 0 Å². The van der Waals surface area contributed by atoms with Gasteiger partial charge in [-0.15, -0.1) is 13.2 Å². The highest BCUT2D eigenvalue weighted by molar-refractivity contribution is 5.73. The Kier molecular flexibility index (Phi) is 5.91. The van der Waals surface area contributed by atoms with E-state index in [1.165, 1.54) is 12.1 Å². The van der Waals surface area contributed by atoms with E-state index in [0.29, 0.717) is 18.5 Å². The van der Waals surface area contributed by atoms with Crippen LogP contribution in [0, 0.1) is 5.92 Å². The summed E-state index contributed by atoms with van der Waals surface area (Å²) in [5, 5.41) is 0. The Morgan fingerprint density at radius 1 is 1.06 bits per heavy atom. The van der Waals surface area contributed by atoms with Crippen LogP contribution < -0.4 is 15.2 Å². The second-order valence-electron chi connectivity index (χ2n) is 9.80. The highest BCUT2D eigenvalue weighted by Crippen LogP contribution is 2.37. The van der Waals surface area contributed by atoms with Crippen LogP contribution in [0.3, 0.4) is 0 Å². The molecule has 1 N–H and O–H groups in total. The van der Waals surface area contributed by atoms with E-state index in [0.717, 1.165) is 62.3 Å². The summed E-state index contributed by atoms with van der Waals surface area (Å²) in [4.78, 5) is 27.9. The molecule has 0 saturated carbocycles. The van der Waals surface area contributed by atoms with Gasteiger partial charge in [-0.1, -0.05) is 12.1 Å². The van der Waals surface area contributed by atoms with Crippen molar-refractivity contribution in [2.45, 2.75) is 51.1 Å². The van der Waals surface area contributed by atoms with Crippen molar-refractivity contribution in [1.82, 2.24) is 9.47 Å². The van der Waals surface area contributed by atoms with Crippen LogP contribution in [0.2, 0.25) is 0 Å². The number of pyridine rings is 1. The number of alkyl halides is 3. The molecular formula is C25H29F3N3O3+. The van der Waals surface area contributed by atoms with Crippen LogP contribution in [0.5, 0.6) is 5.75 Å². The summed E-state index contributed by atoms with van der Waals surface area (Å²) in [5.74, 6) is 0.503. The molecule has 2 bridgehead atoms. The van der Waals surface area contributed by atoms with Crippen molar-refractivity contribution in [3.63, 3.8) is 0 Å². The number of carbonyl (C=O) groups is 1. The van der Waals surface area contributed by atoms with Gasteiger partial charge in [0.2, 0.25) is 5.91 Å². The van der Waals surface area contributed by atoms with Crippen LogP contribution in [0.15, 0.2) is 41.2 Å². The number of nitrogens with one attached hydrogen (secondary N) is 1. The van der Waals surface area contributed by atoms with E-state index in [1.54, 1.807) is 36.1 Å². The van der Waals surface area contributed by atoms with Crippen LogP contribution >= 0.6 is 0 Å². The molecule has 3 atom stereocenters. The summed E-state index contributed by atoms with van der Waals surface area (Å²) in [6, 6.07) is 9.74. The Hall–Kier alpha value is -2.81. The maximum atomic E-state index is 12.7. The monoisotopic (exact) mass is 476 g/mol. The first-order valence-electron chi connectivity index (χ1n) is 11.9. The van der Waals surface area contributed by atoms with E-state index in [4.69, 9.17) is 0 Å². The number of likely N-dealkylation sites (tertiary alicyclic amines) is 2. The predicted molar refractivity (Wildman–Crippen MR) is 120 cm³/mol. The lowest BCUT2D eigenvalue weighted by Gasteiger charge is -2.45. The largest absolute Gasteiger partial charge is 0.573 e. The normalized spacial score (nSPS) is 25.1. The summed E-state index contributed by atoms with van der Waals surface area (Å²) in [6.07, 6.45) is -1.74. The molecule has 2 saturated heterocycles. The van der Waals surface area contributed by atoms with Crippen molar-refractivity contribution in [3.05, 3.63) is 52.4 Å². The zero-order valence-electron chi connectivity index (χ0n) is 19.1. The van der Waals surface area contributed by atoms with Crippen molar-refractivity contribution in [1.29, 1.82) is 0 Å². The minimum absolute atomic E-state index is 0.0244. The first-order valence-corrected chi connectivity index (χ1v) is 11.9. The topological polar surface area (TPSA) is 56.0 Å². The minimum atomic E-state index is -4.73. The second kappa shape index (κ2) is 8.76. The van der Waals surface area contributed by atoms with Crippen molar-refractivity contribution < 1.29 is 27.6 Å². The van der Waals surface area contributed by atoms with Crippen LogP contribution in [0.25, 0.3) is 11.1 Å². The third-order valence-corrected chi connectivity index (χ3v) is 7.65. The number of benzene rings is 1. The van der Waals surface area contributed by atoms with Gasteiger partial charge in [0, 0.05) is 68.6 Å². The number of ether oxygens (including phenoxy) is 1. The Balaban J connectivity index is 1.41. The molecule has 0 spiro atoms. The lowest BCUT2D eigenvalue weighted by molar-refractivity contribution is -0.937. The number of aromatic nitrogens is 1. The number of halogens is 3. The van der Waals surface area contributed by atoms with Gasteiger partial charge >= 0.3 is 6.36 Å². The second-order valence-corrected chi connectivity index (χ2v) is 9.80. The first kappa shape index (κ1) is 23.0. The first-order chi connectivity index (χ1) is 16.2. The maximum Gasteiger partial charge on any atom is 0.573 e. The Morgan fingerprint density at radius 3 is 2.41 bits per heavy atom. The Bertz CT molecular complexity index is 1120. The van der Waals surface area contributed by atoms with Gasteiger partial charge in [0.1, 0.15) is 5.75 Å². The summed E-state index contributed by atoms with van der Waals surface area (Å²) in [7, 11) is 0. The number of quaternary nitrogens is 1. The van der Waals surface area contributed by atoms with E-state index in [9.17, 15) is 22.8 Å². The van der Waals surface area contributed by atoms with Crippen LogP contribution in [-0.2, 0) is 11.3 Å². The molecule has 1 aromatic heterocycles. The molecule has 3 aliphatic heterocycles. The predicted octanol–water partition coefficient (Wildman–Crippen LogP) is 2.43. The number of fused-ring (bicyclic) bond motifs is 4. The molecule has 182 valence electrons. The molecule has 5 rings (SSSR count). The summed E-state index contributed by atoms with van der Waals surface area (Å²) < 4.78 is 43.5. The highest BCUT2D eigenvalue weighted by atomic mass is 19.4. The number of piperidine rings is 2. The molecule has 0 radical (unpaired) electrons. The highest BCUT2D eigenvalue weighted by Gasteiger charge is 2.42. The van der Waals surface area contributed by atoms with E-state index < -0.39 is 6.36 Å². The van der Waals surface area contributed by atoms with Gasteiger partial charge in [0.25, 0.3) is 5.56 Å². The van der Waals surface area contributed by atoms with Crippen LogP contribution in [0.1, 0.15) is 37.8 Å². The number of hydrogen-bond donors (Lipinski definition) is 1. The third kappa shape index (κ3) is 4.58. The Morgan fingerprint density at radius 2 is 1.76 bits per heavy atom. The Labute approximate surface area is 195 Å². The van der Waals surface area contributed by atoms with E-state index in [-0.39, 0.29) is 23.1 Å². The number of amides is 1. The van der Waals surface area contributed by atoms with Crippen molar-refractivity contribution >= 4 is 5.91 Å². The van der Waals surface area contributed by atoms with Gasteiger partial charge in [-0.2, -0.15) is 0 Å². The van der Waals surface area contributed by atoms with Crippen LogP contribution in [-0.4, -0.2) is 54.0 Å². The summed E-state index contributed by atoms with van der Waals surface area (Å²) in [6.45, 7) is 5.84. The molecule has 1 amide bonds. The van der Waals surface area contributed by atoms with E-state index in [1.807, 2.05) is 9.47 Å². The third-order valence-electron chi connectivity index (χ3n) is 7.65. The lowest BCUT2D eigenvalue weighted by atomic mass is 9.79. The van der Waals surface area contributed by atoms with Gasteiger partial charge in [-0.25, -0.2) is 0 Å².